The third kappa shape index (κ3) is 4.42. The third-order valence-corrected chi connectivity index (χ3v) is 6.56. The van der Waals surface area contributed by atoms with Crippen molar-refractivity contribution in [3.05, 3.63) is 60.5 Å². The van der Waals surface area contributed by atoms with Crippen molar-refractivity contribution < 1.29 is 12.9 Å². The monoisotopic (exact) mass is 397 g/mol. The van der Waals surface area contributed by atoms with Crippen molar-refractivity contribution in [1.82, 2.24) is 10.1 Å². The van der Waals surface area contributed by atoms with Crippen molar-refractivity contribution in [1.29, 1.82) is 0 Å². The molecule has 0 aliphatic heterocycles. The molecule has 4 rings (SSSR count). The van der Waals surface area contributed by atoms with Crippen LogP contribution in [-0.4, -0.2) is 18.6 Å². The number of aryl methyl sites for hydroxylation is 1. The second-order valence-corrected chi connectivity index (χ2v) is 8.88. The lowest BCUT2D eigenvalue weighted by atomic mass is 10.0. The molecule has 1 N–H and O–H groups in total. The minimum atomic E-state index is -3.60. The topological polar surface area (TPSA) is 85.1 Å². The van der Waals surface area contributed by atoms with Crippen molar-refractivity contribution in [2.24, 2.45) is 5.92 Å². The number of sulfonamides is 1. The summed E-state index contributed by atoms with van der Waals surface area (Å²) in [4.78, 5) is 4.70. The van der Waals surface area contributed by atoms with Crippen molar-refractivity contribution in [3.63, 3.8) is 0 Å². The molecule has 3 aromatic rings. The third-order valence-electron chi connectivity index (χ3n) is 5.16. The average Bonchev–Trinajstić information content (AvgIpc) is 3.39. The van der Waals surface area contributed by atoms with E-state index in [9.17, 15) is 8.42 Å². The van der Waals surface area contributed by atoms with Crippen LogP contribution in [0.25, 0.3) is 11.4 Å². The van der Waals surface area contributed by atoms with Gasteiger partial charge in [0, 0.05) is 17.7 Å². The van der Waals surface area contributed by atoms with Crippen LogP contribution < -0.4 is 4.72 Å². The molecular formula is C21H23N3O3S. The Morgan fingerprint density at radius 2 is 1.71 bits per heavy atom. The molecule has 1 fully saturated rings. The molecule has 1 aromatic heterocycles. The summed E-state index contributed by atoms with van der Waals surface area (Å²) in [6, 6.07) is 15.3. The number of hydrogen-bond acceptors (Lipinski definition) is 5. The Bertz CT molecular complexity index is 1010. The molecule has 0 saturated heterocycles. The summed E-state index contributed by atoms with van der Waals surface area (Å²) in [7, 11) is -3.60. The zero-order chi connectivity index (χ0) is 19.4. The summed E-state index contributed by atoms with van der Waals surface area (Å²) in [5.41, 5.74) is 1.27. The first-order chi connectivity index (χ1) is 13.6. The van der Waals surface area contributed by atoms with E-state index in [1.807, 2.05) is 0 Å². The summed E-state index contributed by atoms with van der Waals surface area (Å²) in [5, 5.41) is 4.06. The minimum Gasteiger partial charge on any atom is -0.339 e. The number of benzene rings is 2. The smallest absolute Gasteiger partial charge is 0.261 e. The molecule has 1 aliphatic carbocycles. The Kier molecular flexibility index (Phi) is 5.43. The van der Waals surface area contributed by atoms with Crippen LogP contribution in [0, 0.1) is 5.92 Å². The molecule has 28 heavy (non-hydrogen) atoms. The lowest BCUT2D eigenvalue weighted by molar-refractivity contribution is 0.362. The summed E-state index contributed by atoms with van der Waals surface area (Å²) in [6.07, 6.45) is 7.19. The molecule has 1 saturated carbocycles. The van der Waals surface area contributed by atoms with Crippen LogP contribution in [0.1, 0.15) is 38.0 Å². The van der Waals surface area contributed by atoms with Crippen molar-refractivity contribution in [2.75, 3.05) is 4.72 Å². The van der Waals surface area contributed by atoms with Gasteiger partial charge in [-0.05, 0) is 48.7 Å². The van der Waals surface area contributed by atoms with E-state index in [0.29, 0.717) is 17.4 Å². The highest BCUT2D eigenvalue weighted by Crippen LogP contribution is 2.29. The van der Waals surface area contributed by atoms with Crippen molar-refractivity contribution in [3.8, 4) is 11.4 Å². The summed E-state index contributed by atoms with van der Waals surface area (Å²) >= 11 is 0. The molecule has 0 spiro atoms. The van der Waals surface area contributed by atoms with E-state index >= 15 is 0 Å². The number of nitrogens with one attached hydrogen (secondary N) is 1. The normalized spacial score (nSPS) is 15.0. The van der Waals surface area contributed by atoms with Crippen LogP contribution in [-0.2, 0) is 16.4 Å². The fraction of sp³-hybridized carbons (Fsp3) is 0.333. The fourth-order valence-electron chi connectivity index (χ4n) is 3.60. The van der Waals surface area contributed by atoms with E-state index in [0.717, 1.165) is 24.3 Å². The number of rotatable bonds is 7. The van der Waals surface area contributed by atoms with Crippen molar-refractivity contribution in [2.45, 2.75) is 43.4 Å². The summed E-state index contributed by atoms with van der Waals surface area (Å²) in [6.45, 7) is 0. The Hall–Kier alpha value is -2.67. The van der Waals surface area contributed by atoms with Crippen LogP contribution in [0.2, 0.25) is 0 Å². The molecular weight excluding hydrogens is 374 g/mol. The maximum atomic E-state index is 12.4. The molecule has 1 aliphatic rings. The second kappa shape index (κ2) is 8.14. The first-order valence-corrected chi connectivity index (χ1v) is 11.1. The summed E-state index contributed by atoms with van der Waals surface area (Å²) in [5.74, 6) is 1.97. The Balaban J connectivity index is 1.40. The van der Waals surface area contributed by atoms with E-state index in [1.165, 1.54) is 25.7 Å². The molecule has 0 radical (unpaired) electrons. The average molecular weight is 398 g/mol. The molecule has 0 atom stereocenters. The van der Waals surface area contributed by atoms with E-state index in [2.05, 4.69) is 14.9 Å². The zero-order valence-electron chi connectivity index (χ0n) is 15.5. The largest absolute Gasteiger partial charge is 0.339 e. The minimum absolute atomic E-state index is 0.226. The van der Waals surface area contributed by atoms with Crippen LogP contribution in [0.4, 0.5) is 5.69 Å². The van der Waals surface area contributed by atoms with Gasteiger partial charge in [-0.25, -0.2) is 8.42 Å². The molecule has 6 nitrogen and oxygen atoms in total. The zero-order valence-corrected chi connectivity index (χ0v) is 16.4. The number of nitrogens with zero attached hydrogens (tertiary/aromatic N) is 2. The number of aromatic nitrogens is 2. The van der Waals surface area contributed by atoms with Gasteiger partial charge in [-0.2, -0.15) is 4.98 Å². The van der Waals surface area contributed by atoms with Gasteiger partial charge in [0.15, 0.2) is 0 Å². The molecule has 0 unspecified atom stereocenters. The molecule has 0 amide bonds. The van der Waals surface area contributed by atoms with Gasteiger partial charge in [0.25, 0.3) is 10.0 Å². The Labute approximate surface area is 165 Å². The lowest BCUT2D eigenvalue weighted by Crippen LogP contribution is -2.12. The van der Waals surface area contributed by atoms with Gasteiger partial charge in [-0.3, -0.25) is 4.72 Å². The van der Waals surface area contributed by atoms with E-state index in [4.69, 9.17) is 4.52 Å². The lowest BCUT2D eigenvalue weighted by Gasteiger charge is -2.08. The predicted molar refractivity (Wildman–Crippen MR) is 107 cm³/mol. The van der Waals surface area contributed by atoms with E-state index in [-0.39, 0.29) is 4.90 Å². The van der Waals surface area contributed by atoms with Gasteiger partial charge in [-0.1, -0.05) is 49.0 Å². The second-order valence-electron chi connectivity index (χ2n) is 7.20. The van der Waals surface area contributed by atoms with Gasteiger partial charge in [-0.15, -0.1) is 0 Å². The summed E-state index contributed by atoms with van der Waals surface area (Å²) < 4.78 is 32.7. The van der Waals surface area contributed by atoms with Gasteiger partial charge in [0.1, 0.15) is 0 Å². The van der Waals surface area contributed by atoms with Gasteiger partial charge >= 0.3 is 0 Å². The highest BCUT2D eigenvalue weighted by atomic mass is 32.2. The standard InChI is InChI=1S/C21H23N3O3S/c25-28(26,19-8-2-1-3-9-19)24-18-13-11-17(12-14-18)21-22-20(27-23-21)15-10-16-6-4-5-7-16/h1-3,8-9,11-14,16,24H,4-7,10,15H2. The van der Waals surface area contributed by atoms with Gasteiger partial charge in [0.05, 0.1) is 4.90 Å². The van der Waals surface area contributed by atoms with Crippen LogP contribution in [0.5, 0.6) is 0 Å². The maximum Gasteiger partial charge on any atom is 0.261 e. The molecule has 1 heterocycles. The van der Waals surface area contributed by atoms with Crippen LogP contribution >= 0.6 is 0 Å². The predicted octanol–water partition coefficient (Wildman–Crippen LogP) is 4.66. The number of anilines is 1. The molecule has 0 bridgehead atoms. The Morgan fingerprint density at radius 1 is 1.00 bits per heavy atom. The molecule has 7 heteroatoms. The quantitative estimate of drug-likeness (QED) is 0.627. The van der Waals surface area contributed by atoms with E-state index in [1.54, 1.807) is 54.6 Å². The first-order valence-electron chi connectivity index (χ1n) is 9.61. The van der Waals surface area contributed by atoms with Gasteiger partial charge < -0.3 is 4.52 Å². The van der Waals surface area contributed by atoms with Crippen LogP contribution in [0.15, 0.2) is 64.0 Å². The SMILES string of the molecule is O=S(=O)(Nc1ccc(-c2noc(CCC3CCCC3)n2)cc1)c1ccccc1. The van der Waals surface area contributed by atoms with Gasteiger partial charge in [0.2, 0.25) is 11.7 Å². The highest BCUT2D eigenvalue weighted by molar-refractivity contribution is 7.92. The highest BCUT2D eigenvalue weighted by Gasteiger charge is 2.17. The maximum absolute atomic E-state index is 12.4. The fourth-order valence-corrected chi connectivity index (χ4v) is 4.68. The molecule has 146 valence electrons. The van der Waals surface area contributed by atoms with E-state index < -0.39 is 10.0 Å². The first kappa shape index (κ1) is 18.7. The Morgan fingerprint density at radius 3 is 2.43 bits per heavy atom. The van der Waals surface area contributed by atoms with Crippen molar-refractivity contribution >= 4 is 15.7 Å². The number of hydrogen-bond donors (Lipinski definition) is 1. The molecule has 2 aromatic carbocycles. The van der Waals surface area contributed by atoms with Crippen LogP contribution in [0.3, 0.4) is 0 Å².